The average Bonchev–Trinajstić information content (AvgIpc) is 3.66. The monoisotopic (exact) mass is 651 g/mol. The van der Waals surface area contributed by atoms with E-state index >= 15 is 0 Å². The molecular formula is C29H24BCl3F3N3O4. The SMILES string of the molecule is CC1(C)OB(O)c2ccc(CNC(O)c3ccc(C4=NOC(c5cc(Cl)c(Cl)c(Cl)c5)(C(F)(F)F)C4)n4cccc34)cc21. The molecule has 0 amide bonds. The lowest BCUT2D eigenvalue weighted by atomic mass is 9.78. The van der Waals surface area contributed by atoms with Gasteiger partial charge in [0.2, 0.25) is 0 Å². The summed E-state index contributed by atoms with van der Waals surface area (Å²) in [6.45, 7) is 4.05. The van der Waals surface area contributed by atoms with E-state index in [4.69, 9.17) is 44.3 Å². The number of nitrogens with zero attached hydrogens (tertiary/aromatic N) is 2. The van der Waals surface area contributed by atoms with Crippen LogP contribution in [0.25, 0.3) is 5.52 Å². The first-order valence-corrected chi connectivity index (χ1v) is 14.3. The smallest absolute Gasteiger partial charge is 0.423 e. The number of halogens is 6. The number of aliphatic hydroxyl groups excluding tert-OH is 1. The van der Waals surface area contributed by atoms with Crippen LogP contribution in [-0.4, -0.2) is 33.5 Å². The topological polar surface area (TPSA) is 87.7 Å². The molecule has 2 unspecified atom stereocenters. The zero-order valence-corrected chi connectivity index (χ0v) is 25.0. The predicted octanol–water partition coefficient (Wildman–Crippen LogP) is 6.22. The van der Waals surface area contributed by atoms with Crippen molar-refractivity contribution in [3.63, 3.8) is 0 Å². The Bertz CT molecular complexity index is 1760. The van der Waals surface area contributed by atoms with Gasteiger partial charge in [0.25, 0.3) is 5.60 Å². The summed E-state index contributed by atoms with van der Waals surface area (Å²) in [7, 11) is -0.989. The highest BCUT2D eigenvalue weighted by molar-refractivity contribution is 6.62. The Morgan fingerprint density at radius 1 is 1.09 bits per heavy atom. The summed E-state index contributed by atoms with van der Waals surface area (Å²) in [5, 5.41) is 27.8. The van der Waals surface area contributed by atoms with Gasteiger partial charge in [-0.3, -0.25) is 5.32 Å². The molecule has 224 valence electrons. The minimum Gasteiger partial charge on any atom is -0.423 e. The van der Waals surface area contributed by atoms with Gasteiger partial charge in [0, 0.05) is 23.9 Å². The Balaban J connectivity index is 1.26. The van der Waals surface area contributed by atoms with Crippen molar-refractivity contribution in [1.29, 1.82) is 0 Å². The van der Waals surface area contributed by atoms with Gasteiger partial charge in [0.15, 0.2) is 0 Å². The van der Waals surface area contributed by atoms with E-state index in [1.165, 1.54) is 0 Å². The van der Waals surface area contributed by atoms with Gasteiger partial charge < -0.3 is 24.0 Å². The fourth-order valence-corrected chi connectivity index (χ4v) is 6.23. The second-order valence-corrected chi connectivity index (χ2v) is 12.2. The normalized spacial score (nSPS) is 20.3. The molecule has 43 heavy (non-hydrogen) atoms. The number of benzene rings is 2. The molecule has 0 saturated carbocycles. The third-order valence-electron chi connectivity index (χ3n) is 7.89. The lowest BCUT2D eigenvalue weighted by molar-refractivity contribution is -0.275. The van der Waals surface area contributed by atoms with Crippen molar-refractivity contribution in [2.75, 3.05) is 0 Å². The summed E-state index contributed by atoms with van der Waals surface area (Å²) in [6.07, 6.45) is -4.96. The first-order valence-electron chi connectivity index (χ1n) is 13.2. The molecule has 0 saturated heterocycles. The van der Waals surface area contributed by atoms with E-state index in [0.29, 0.717) is 28.8 Å². The van der Waals surface area contributed by atoms with Gasteiger partial charge in [-0.1, -0.05) is 64.2 Å². The van der Waals surface area contributed by atoms with Gasteiger partial charge in [0.1, 0.15) is 11.9 Å². The molecule has 2 aliphatic heterocycles. The number of pyridine rings is 1. The maximum atomic E-state index is 14.6. The first-order chi connectivity index (χ1) is 20.2. The second kappa shape index (κ2) is 10.7. The summed E-state index contributed by atoms with van der Waals surface area (Å²) in [5.41, 5.74) is 0.0996. The first kappa shape index (κ1) is 30.3. The van der Waals surface area contributed by atoms with Gasteiger partial charge in [0.05, 0.1) is 38.3 Å². The molecule has 0 spiro atoms. The van der Waals surface area contributed by atoms with E-state index in [1.807, 2.05) is 26.0 Å². The maximum absolute atomic E-state index is 14.6. The number of oxime groups is 1. The Morgan fingerprint density at radius 2 is 1.81 bits per heavy atom. The quantitative estimate of drug-likeness (QED) is 0.131. The molecule has 2 aromatic carbocycles. The lowest BCUT2D eigenvalue weighted by Gasteiger charge is -2.30. The van der Waals surface area contributed by atoms with Gasteiger partial charge in [-0.2, -0.15) is 13.2 Å². The lowest BCUT2D eigenvalue weighted by Crippen LogP contribution is -2.42. The third kappa shape index (κ3) is 5.10. The summed E-state index contributed by atoms with van der Waals surface area (Å²) < 4.78 is 50.9. The Labute approximate surface area is 259 Å². The molecule has 2 aromatic heterocycles. The van der Waals surface area contributed by atoms with Crippen LogP contribution in [0.3, 0.4) is 0 Å². The molecule has 0 fully saturated rings. The van der Waals surface area contributed by atoms with Crippen LogP contribution in [0.2, 0.25) is 15.1 Å². The molecule has 3 N–H and O–H groups in total. The molecule has 0 radical (unpaired) electrons. The fraction of sp³-hybridized carbons (Fsp3) is 0.276. The highest BCUT2D eigenvalue weighted by Crippen LogP contribution is 2.50. The van der Waals surface area contributed by atoms with Crippen LogP contribution >= 0.6 is 34.8 Å². The zero-order valence-electron chi connectivity index (χ0n) is 22.7. The molecule has 2 atom stereocenters. The van der Waals surface area contributed by atoms with E-state index in [9.17, 15) is 23.3 Å². The average molecular weight is 653 g/mol. The van der Waals surface area contributed by atoms with Crippen LogP contribution in [0.1, 0.15) is 54.4 Å². The number of aliphatic hydroxyl groups is 1. The van der Waals surface area contributed by atoms with E-state index in [0.717, 1.165) is 23.3 Å². The van der Waals surface area contributed by atoms with Crippen LogP contribution in [0, 0.1) is 0 Å². The third-order valence-corrected chi connectivity index (χ3v) is 9.09. The van der Waals surface area contributed by atoms with E-state index in [1.54, 1.807) is 40.9 Å². The molecule has 14 heteroatoms. The summed E-state index contributed by atoms with van der Waals surface area (Å²) in [6, 6.07) is 14.4. The van der Waals surface area contributed by atoms with Crippen LogP contribution < -0.4 is 10.8 Å². The van der Waals surface area contributed by atoms with Crippen molar-refractivity contribution in [3.05, 3.63) is 104 Å². The van der Waals surface area contributed by atoms with Crippen LogP contribution in [0.5, 0.6) is 0 Å². The van der Waals surface area contributed by atoms with Crippen LogP contribution in [0.4, 0.5) is 13.2 Å². The van der Waals surface area contributed by atoms with E-state index in [2.05, 4.69) is 10.5 Å². The molecule has 6 rings (SSSR count). The van der Waals surface area contributed by atoms with Gasteiger partial charge >= 0.3 is 13.3 Å². The molecule has 0 aliphatic carbocycles. The predicted molar refractivity (Wildman–Crippen MR) is 159 cm³/mol. The number of aromatic nitrogens is 1. The molecule has 4 aromatic rings. The van der Waals surface area contributed by atoms with Gasteiger partial charge in [-0.05, 0) is 60.8 Å². The van der Waals surface area contributed by atoms with Gasteiger partial charge in [-0.25, -0.2) is 0 Å². The largest absolute Gasteiger partial charge is 0.492 e. The highest BCUT2D eigenvalue weighted by atomic mass is 35.5. The van der Waals surface area contributed by atoms with Crippen molar-refractivity contribution in [3.8, 4) is 0 Å². The van der Waals surface area contributed by atoms with Crippen LogP contribution in [0.15, 0.2) is 65.9 Å². The minimum absolute atomic E-state index is 0.0416. The molecule has 4 heterocycles. The number of hydrogen-bond donors (Lipinski definition) is 3. The van der Waals surface area contributed by atoms with Crippen molar-refractivity contribution < 1.29 is 32.8 Å². The second-order valence-electron chi connectivity index (χ2n) is 11.0. The van der Waals surface area contributed by atoms with Gasteiger partial charge in [-0.15, -0.1) is 0 Å². The van der Waals surface area contributed by atoms with E-state index in [-0.39, 0.29) is 26.3 Å². The van der Waals surface area contributed by atoms with Crippen molar-refractivity contribution >= 4 is 58.6 Å². The minimum atomic E-state index is -4.87. The molecule has 2 aliphatic rings. The number of nitrogens with one attached hydrogen (secondary N) is 1. The molecule has 7 nitrogen and oxygen atoms in total. The Morgan fingerprint density at radius 3 is 2.51 bits per heavy atom. The molecular weight excluding hydrogens is 629 g/mol. The summed E-state index contributed by atoms with van der Waals surface area (Å²) in [5.74, 6) is 0. The Hall–Kier alpha value is -2.77. The maximum Gasteiger partial charge on any atom is 0.492 e. The highest BCUT2D eigenvalue weighted by Gasteiger charge is 2.62. The van der Waals surface area contributed by atoms with E-state index < -0.39 is 37.1 Å². The fourth-order valence-electron chi connectivity index (χ4n) is 5.64. The summed E-state index contributed by atoms with van der Waals surface area (Å²) >= 11 is 18.1. The number of alkyl halides is 3. The van der Waals surface area contributed by atoms with Crippen molar-refractivity contribution in [1.82, 2.24) is 9.72 Å². The number of rotatable bonds is 6. The summed E-state index contributed by atoms with van der Waals surface area (Å²) in [4.78, 5) is 5.15. The zero-order chi connectivity index (χ0) is 30.9. The van der Waals surface area contributed by atoms with Crippen LogP contribution in [-0.2, 0) is 27.2 Å². The van der Waals surface area contributed by atoms with Crippen molar-refractivity contribution in [2.45, 2.75) is 50.4 Å². The number of hydrogen-bond acceptors (Lipinski definition) is 6. The van der Waals surface area contributed by atoms with Crippen molar-refractivity contribution in [2.24, 2.45) is 5.16 Å². The number of fused-ring (bicyclic) bond motifs is 2. The standard InChI is InChI=1S/C29H24BCl3F3N3O4/c1-27(2)18-10-15(5-7-19(18)30(41)42-27)14-37-26(40)17-6-8-24(39-9-3-4-23(17)39)22-13-28(43-38-22,29(34,35)36)16-11-20(31)25(33)21(32)12-16/h3-12,26,37,40-41H,13-14H2,1-2H3. The Kier molecular flexibility index (Phi) is 7.53. The molecule has 0 bridgehead atoms.